The number of rotatable bonds is 5. The second-order valence-corrected chi connectivity index (χ2v) is 5.45. The first-order valence-corrected chi connectivity index (χ1v) is 7.63. The van der Waals surface area contributed by atoms with Gasteiger partial charge < -0.3 is 14.8 Å². The number of ether oxygens (including phenoxy) is 2. The van der Waals surface area contributed by atoms with Gasteiger partial charge in [0.25, 0.3) is 0 Å². The van der Waals surface area contributed by atoms with Crippen LogP contribution in [0, 0.1) is 13.8 Å². The lowest BCUT2D eigenvalue weighted by Crippen LogP contribution is -1.95. The van der Waals surface area contributed by atoms with Gasteiger partial charge in [-0.2, -0.15) is 4.98 Å². The maximum Gasteiger partial charge on any atom is 0.222 e. The fourth-order valence-corrected chi connectivity index (χ4v) is 2.17. The van der Waals surface area contributed by atoms with E-state index in [1.165, 1.54) is 0 Å². The van der Waals surface area contributed by atoms with Crippen LogP contribution in [-0.4, -0.2) is 17.1 Å². The monoisotopic (exact) mass is 321 g/mol. The molecule has 0 aliphatic rings. The molecule has 5 nitrogen and oxygen atoms in total. The first kappa shape index (κ1) is 15.8. The number of hydrogen-bond acceptors (Lipinski definition) is 5. The number of aryl methyl sites for hydroxylation is 2. The highest BCUT2D eigenvalue weighted by Crippen LogP contribution is 2.25. The van der Waals surface area contributed by atoms with Gasteiger partial charge in [-0.05, 0) is 55.8 Å². The Balaban J connectivity index is 1.69. The van der Waals surface area contributed by atoms with E-state index >= 15 is 0 Å². The highest BCUT2D eigenvalue weighted by molar-refractivity contribution is 5.57. The van der Waals surface area contributed by atoms with Gasteiger partial charge >= 0.3 is 0 Å². The summed E-state index contributed by atoms with van der Waals surface area (Å²) >= 11 is 0. The number of nitrogens with one attached hydrogen (secondary N) is 1. The van der Waals surface area contributed by atoms with Crippen molar-refractivity contribution in [1.29, 1.82) is 0 Å². The Morgan fingerprint density at radius 2 is 1.71 bits per heavy atom. The maximum atomic E-state index is 5.76. The van der Waals surface area contributed by atoms with Crippen molar-refractivity contribution in [1.82, 2.24) is 9.97 Å². The van der Waals surface area contributed by atoms with Crippen molar-refractivity contribution in [2.24, 2.45) is 0 Å². The molecule has 0 aliphatic heterocycles. The SMILES string of the molecule is COc1nc(Oc2ccc(Nc3ccc(C)cn3)cc2)ccc1C. The highest BCUT2D eigenvalue weighted by Gasteiger charge is 2.04. The van der Waals surface area contributed by atoms with E-state index in [9.17, 15) is 0 Å². The van der Waals surface area contributed by atoms with Crippen molar-refractivity contribution in [3.8, 4) is 17.5 Å². The summed E-state index contributed by atoms with van der Waals surface area (Å²) in [5.74, 6) is 2.57. The molecule has 2 heterocycles. The van der Waals surface area contributed by atoms with Gasteiger partial charge in [0, 0.05) is 23.5 Å². The van der Waals surface area contributed by atoms with Crippen LogP contribution < -0.4 is 14.8 Å². The molecule has 0 saturated carbocycles. The fraction of sp³-hybridized carbons (Fsp3) is 0.158. The molecule has 0 amide bonds. The van der Waals surface area contributed by atoms with Crippen LogP contribution in [0.2, 0.25) is 0 Å². The van der Waals surface area contributed by atoms with E-state index in [1.807, 2.05) is 68.6 Å². The molecule has 0 unspecified atom stereocenters. The molecule has 1 N–H and O–H groups in total. The minimum atomic E-state index is 0.498. The van der Waals surface area contributed by atoms with E-state index in [0.717, 1.165) is 22.6 Å². The average Bonchev–Trinajstić information content (AvgIpc) is 2.60. The molecule has 0 fully saturated rings. The molecule has 122 valence electrons. The normalized spacial score (nSPS) is 10.3. The molecule has 3 rings (SSSR count). The van der Waals surface area contributed by atoms with Gasteiger partial charge in [0.05, 0.1) is 7.11 Å². The molecule has 3 aromatic rings. The zero-order valence-corrected chi connectivity index (χ0v) is 13.9. The van der Waals surface area contributed by atoms with Crippen LogP contribution >= 0.6 is 0 Å². The third-order valence-corrected chi connectivity index (χ3v) is 3.48. The molecular weight excluding hydrogens is 302 g/mol. The van der Waals surface area contributed by atoms with Crippen LogP contribution in [-0.2, 0) is 0 Å². The van der Waals surface area contributed by atoms with Crippen LogP contribution in [0.15, 0.2) is 54.7 Å². The van der Waals surface area contributed by atoms with Gasteiger partial charge in [0.15, 0.2) is 0 Å². The molecule has 5 heteroatoms. The Labute approximate surface area is 141 Å². The first-order chi connectivity index (χ1) is 11.6. The summed E-state index contributed by atoms with van der Waals surface area (Å²) in [6.45, 7) is 3.95. The minimum absolute atomic E-state index is 0.498. The summed E-state index contributed by atoms with van der Waals surface area (Å²) in [6.07, 6.45) is 1.83. The lowest BCUT2D eigenvalue weighted by Gasteiger charge is -2.09. The van der Waals surface area contributed by atoms with Gasteiger partial charge in [0.2, 0.25) is 11.8 Å². The van der Waals surface area contributed by atoms with E-state index in [4.69, 9.17) is 9.47 Å². The number of aromatic nitrogens is 2. The second kappa shape index (κ2) is 7.00. The lowest BCUT2D eigenvalue weighted by molar-refractivity contribution is 0.380. The summed E-state index contributed by atoms with van der Waals surface area (Å²) in [6, 6.07) is 15.3. The number of benzene rings is 1. The zero-order chi connectivity index (χ0) is 16.9. The van der Waals surface area contributed by atoms with Crippen LogP contribution in [0.1, 0.15) is 11.1 Å². The highest BCUT2D eigenvalue weighted by atomic mass is 16.5. The summed E-state index contributed by atoms with van der Waals surface area (Å²) in [5.41, 5.74) is 3.04. The molecular formula is C19H19N3O2. The van der Waals surface area contributed by atoms with Crippen LogP contribution in [0.25, 0.3) is 0 Å². The minimum Gasteiger partial charge on any atom is -0.481 e. The van der Waals surface area contributed by atoms with E-state index in [-0.39, 0.29) is 0 Å². The van der Waals surface area contributed by atoms with Crippen molar-refractivity contribution >= 4 is 11.5 Å². The Bertz CT molecular complexity index is 815. The number of nitrogens with zero attached hydrogens (tertiary/aromatic N) is 2. The standard InChI is InChI=1S/C19H19N3O2/c1-13-4-10-17(20-12-13)21-15-6-8-16(9-7-15)24-18-11-5-14(2)19(22-18)23-3/h4-12H,1-3H3,(H,20,21). The van der Waals surface area contributed by atoms with Gasteiger partial charge in [-0.15, -0.1) is 0 Å². The molecule has 0 spiro atoms. The predicted molar refractivity (Wildman–Crippen MR) is 94.3 cm³/mol. The van der Waals surface area contributed by atoms with Crippen LogP contribution in [0.5, 0.6) is 17.5 Å². The Morgan fingerprint density at radius 1 is 0.917 bits per heavy atom. The molecule has 2 aromatic heterocycles. The number of hydrogen-bond donors (Lipinski definition) is 1. The van der Waals surface area contributed by atoms with Crippen molar-refractivity contribution in [2.75, 3.05) is 12.4 Å². The molecule has 0 radical (unpaired) electrons. The van der Waals surface area contributed by atoms with Crippen LogP contribution in [0.3, 0.4) is 0 Å². The largest absolute Gasteiger partial charge is 0.481 e. The topological polar surface area (TPSA) is 56.3 Å². The van der Waals surface area contributed by atoms with E-state index in [1.54, 1.807) is 7.11 Å². The van der Waals surface area contributed by atoms with E-state index in [2.05, 4.69) is 15.3 Å². The number of pyridine rings is 2. The van der Waals surface area contributed by atoms with Crippen molar-refractivity contribution in [3.05, 3.63) is 65.9 Å². The fourth-order valence-electron chi connectivity index (χ4n) is 2.17. The average molecular weight is 321 g/mol. The summed E-state index contributed by atoms with van der Waals surface area (Å²) < 4.78 is 11.0. The molecule has 0 atom stereocenters. The Kier molecular flexibility index (Phi) is 4.61. The summed E-state index contributed by atoms with van der Waals surface area (Å²) in [5, 5.41) is 3.25. The van der Waals surface area contributed by atoms with Crippen molar-refractivity contribution < 1.29 is 9.47 Å². The summed E-state index contributed by atoms with van der Waals surface area (Å²) in [7, 11) is 1.60. The van der Waals surface area contributed by atoms with Crippen molar-refractivity contribution in [2.45, 2.75) is 13.8 Å². The molecule has 0 saturated heterocycles. The molecule has 24 heavy (non-hydrogen) atoms. The predicted octanol–water partition coefficient (Wildman–Crippen LogP) is 4.64. The maximum absolute atomic E-state index is 5.76. The van der Waals surface area contributed by atoms with Gasteiger partial charge in [-0.3, -0.25) is 0 Å². The van der Waals surface area contributed by atoms with Crippen LogP contribution in [0.4, 0.5) is 11.5 Å². The quantitative estimate of drug-likeness (QED) is 0.742. The molecule has 1 aromatic carbocycles. The van der Waals surface area contributed by atoms with Crippen molar-refractivity contribution in [3.63, 3.8) is 0 Å². The second-order valence-electron chi connectivity index (χ2n) is 5.45. The lowest BCUT2D eigenvalue weighted by atomic mass is 10.3. The van der Waals surface area contributed by atoms with E-state index in [0.29, 0.717) is 17.5 Å². The Morgan fingerprint density at radius 3 is 2.38 bits per heavy atom. The number of anilines is 2. The first-order valence-electron chi connectivity index (χ1n) is 7.63. The number of methoxy groups -OCH3 is 1. The molecule has 0 aliphatic carbocycles. The smallest absolute Gasteiger partial charge is 0.222 e. The Hall–Kier alpha value is -3.08. The molecule has 0 bridgehead atoms. The van der Waals surface area contributed by atoms with Gasteiger partial charge in [0.1, 0.15) is 11.6 Å². The third-order valence-electron chi connectivity index (χ3n) is 3.48. The zero-order valence-electron chi connectivity index (χ0n) is 13.9. The van der Waals surface area contributed by atoms with E-state index < -0.39 is 0 Å². The summed E-state index contributed by atoms with van der Waals surface area (Å²) in [4.78, 5) is 8.64. The third kappa shape index (κ3) is 3.81. The van der Waals surface area contributed by atoms with Gasteiger partial charge in [-0.25, -0.2) is 4.98 Å². The van der Waals surface area contributed by atoms with Gasteiger partial charge in [-0.1, -0.05) is 6.07 Å².